The zero-order valence-corrected chi connectivity index (χ0v) is 13.5. The maximum Gasteiger partial charge on any atom is 0.174 e. The second kappa shape index (κ2) is 6.04. The van der Waals surface area contributed by atoms with Crippen molar-refractivity contribution in [2.45, 2.75) is 19.4 Å². The molecule has 0 aliphatic heterocycles. The lowest BCUT2D eigenvalue weighted by Gasteiger charge is -2.18. The molecule has 1 unspecified atom stereocenters. The number of nitrogens with zero attached hydrogens (tertiary/aromatic N) is 2. The van der Waals surface area contributed by atoms with E-state index in [9.17, 15) is 0 Å². The van der Waals surface area contributed by atoms with Crippen molar-refractivity contribution in [2.24, 2.45) is 7.05 Å². The average Bonchev–Trinajstić information content (AvgIpc) is 2.90. The Morgan fingerprint density at radius 3 is 2.78 bits per heavy atom. The van der Waals surface area contributed by atoms with Crippen molar-refractivity contribution in [3.8, 4) is 0 Å². The molecule has 1 N–H and O–H groups in total. The summed E-state index contributed by atoms with van der Waals surface area (Å²) < 4.78 is 8.95. The molecule has 0 aliphatic rings. The summed E-state index contributed by atoms with van der Waals surface area (Å²) in [5.74, 6) is 0. The Bertz CT molecular complexity index is 502. The monoisotopic (exact) mass is 375 g/mol. The molecular formula is C12H15Br2N3O. The quantitative estimate of drug-likeness (QED) is 0.866. The van der Waals surface area contributed by atoms with Gasteiger partial charge in [0.2, 0.25) is 0 Å². The molecule has 0 bridgehead atoms. The number of aryl methyl sites for hydroxylation is 1. The van der Waals surface area contributed by atoms with Crippen molar-refractivity contribution in [2.75, 3.05) is 6.54 Å². The fraction of sp³-hybridized carbons (Fsp3) is 0.417. The summed E-state index contributed by atoms with van der Waals surface area (Å²) in [6.07, 6.45) is 4.57. The largest absolute Gasteiger partial charge is 0.457 e. The second-order valence-corrected chi connectivity index (χ2v) is 5.61. The molecule has 1 atom stereocenters. The van der Waals surface area contributed by atoms with Gasteiger partial charge >= 0.3 is 0 Å². The molecule has 0 saturated heterocycles. The van der Waals surface area contributed by atoms with Crippen LogP contribution in [0.1, 0.15) is 30.6 Å². The molecule has 98 valence electrons. The second-order valence-electron chi connectivity index (χ2n) is 4.04. The van der Waals surface area contributed by atoms with Gasteiger partial charge in [-0.05, 0) is 50.9 Å². The Morgan fingerprint density at radius 2 is 2.28 bits per heavy atom. The van der Waals surface area contributed by atoms with Gasteiger partial charge in [-0.3, -0.25) is 4.68 Å². The summed E-state index contributed by atoms with van der Waals surface area (Å²) in [7, 11) is 1.94. The number of rotatable bonds is 5. The van der Waals surface area contributed by atoms with Crippen molar-refractivity contribution in [1.29, 1.82) is 0 Å². The number of furan rings is 1. The van der Waals surface area contributed by atoms with Crippen LogP contribution < -0.4 is 5.32 Å². The normalized spacial score (nSPS) is 12.9. The van der Waals surface area contributed by atoms with Gasteiger partial charge in [0.05, 0.1) is 28.7 Å². The molecule has 2 aromatic heterocycles. The van der Waals surface area contributed by atoms with Crippen molar-refractivity contribution in [3.05, 3.63) is 38.9 Å². The van der Waals surface area contributed by atoms with E-state index in [0.29, 0.717) is 0 Å². The first-order chi connectivity index (χ1) is 8.65. The molecule has 0 spiro atoms. The van der Waals surface area contributed by atoms with Crippen LogP contribution in [0.5, 0.6) is 0 Å². The Kier molecular flexibility index (Phi) is 4.64. The van der Waals surface area contributed by atoms with Gasteiger partial charge in [-0.2, -0.15) is 5.10 Å². The van der Waals surface area contributed by atoms with Gasteiger partial charge in [0.15, 0.2) is 4.67 Å². The van der Waals surface area contributed by atoms with E-state index >= 15 is 0 Å². The van der Waals surface area contributed by atoms with Crippen LogP contribution in [0.4, 0.5) is 0 Å². The van der Waals surface area contributed by atoms with Gasteiger partial charge in [-0.1, -0.05) is 6.92 Å². The Morgan fingerprint density at radius 1 is 1.50 bits per heavy atom. The number of hydrogen-bond donors (Lipinski definition) is 1. The topological polar surface area (TPSA) is 43.0 Å². The van der Waals surface area contributed by atoms with Gasteiger partial charge in [0.25, 0.3) is 0 Å². The van der Waals surface area contributed by atoms with E-state index in [-0.39, 0.29) is 6.04 Å². The standard InChI is InChI=1S/C12H15Br2N3O/c1-3-5-15-10(8-4-6-18-12(8)14)11-9(13)7-16-17(11)2/h4,6-7,10,15H,3,5H2,1-2H3. The van der Waals surface area contributed by atoms with Crippen LogP contribution in [0.3, 0.4) is 0 Å². The molecule has 6 heteroatoms. The van der Waals surface area contributed by atoms with E-state index in [2.05, 4.69) is 49.2 Å². The number of aromatic nitrogens is 2. The van der Waals surface area contributed by atoms with Gasteiger partial charge in [-0.25, -0.2) is 0 Å². The smallest absolute Gasteiger partial charge is 0.174 e. The number of hydrogen-bond acceptors (Lipinski definition) is 3. The Labute approximate surface area is 123 Å². The predicted molar refractivity (Wildman–Crippen MR) is 77.5 cm³/mol. The van der Waals surface area contributed by atoms with E-state index in [1.165, 1.54) is 0 Å². The van der Waals surface area contributed by atoms with Crippen LogP contribution in [0.25, 0.3) is 0 Å². The first-order valence-corrected chi connectivity index (χ1v) is 7.37. The minimum absolute atomic E-state index is 0.0555. The molecular weight excluding hydrogens is 362 g/mol. The highest BCUT2D eigenvalue weighted by molar-refractivity contribution is 9.10. The highest BCUT2D eigenvalue weighted by Gasteiger charge is 2.23. The first-order valence-electron chi connectivity index (χ1n) is 5.78. The summed E-state index contributed by atoms with van der Waals surface area (Å²) in [6.45, 7) is 3.08. The summed E-state index contributed by atoms with van der Waals surface area (Å²) in [5, 5.41) is 7.78. The molecule has 0 amide bonds. The van der Waals surface area contributed by atoms with Crippen LogP contribution in [-0.2, 0) is 7.05 Å². The van der Waals surface area contributed by atoms with E-state index < -0.39 is 0 Å². The van der Waals surface area contributed by atoms with Gasteiger partial charge in [0.1, 0.15) is 0 Å². The van der Waals surface area contributed by atoms with Gasteiger partial charge in [-0.15, -0.1) is 0 Å². The molecule has 0 aromatic carbocycles. The third kappa shape index (κ3) is 2.70. The molecule has 0 fully saturated rings. The van der Waals surface area contributed by atoms with Crippen molar-refractivity contribution in [3.63, 3.8) is 0 Å². The van der Waals surface area contributed by atoms with Gasteiger partial charge in [0, 0.05) is 12.6 Å². The molecule has 2 heterocycles. The summed E-state index contributed by atoms with van der Waals surface area (Å²) in [4.78, 5) is 0. The summed E-state index contributed by atoms with van der Waals surface area (Å²) >= 11 is 6.99. The molecule has 0 aliphatic carbocycles. The Hall–Kier alpha value is -0.590. The third-order valence-electron chi connectivity index (χ3n) is 2.77. The molecule has 2 aromatic rings. The van der Waals surface area contributed by atoms with Crippen LogP contribution in [0.2, 0.25) is 0 Å². The lowest BCUT2D eigenvalue weighted by Crippen LogP contribution is -2.25. The van der Waals surface area contributed by atoms with Crippen molar-refractivity contribution in [1.82, 2.24) is 15.1 Å². The number of nitrogens with one attached hydrogen (secondary N) is 1. The predicted octanol–water partition coefficient (Wildman–Crippen LogP) is 3.63. The van der Waals surface area contributed by atoms with E-state index in [1.54, 1.807) is 6.26 Å². The van der Waals surface area contributed by atoms with Crippen molar-refractivity contribution >= 4 is 31.9 Å². The molecule has 0 radical (unpaired) electrons. The first kappa shape index (κ1) is 13.8. The minimum atomic E-state index is 0.0555. The maximum absolute atomic E-state index is 5.33. The average molecular weight is 377 g/mol. The zero-order chi connectivity index (χ0) is 13.1. The maximum atomic E-state index is 5.33. The van der Waals surface area contributed by atoms with Crippen molar-refractivity contribution < 1.29 is 4.42 Å². The van der Waals surface area contributed by atoms with Crippen LogP contribution in [0, 0.1) is 0 Å². The fourth-order valence-corrected chi connectivity index (χ4v) is 2.94. The van der Waals surface area contributed by atoms with E-state index in [1.807, 2.05) is 24.0 Å². The van der Waals surface area contributed by atoms with Crippen LogP contribution in [-0.4, -0.2) is 16.3 Å². The van der Waals surface area contributed by atoms with E-state index in [4.69, 9.17) is 4.42 Å². The summed E-state index contributed by atoms with van der Waals surface area (Å²) in [6, 6.07) is 2.02. The third-order valence-corrected chi connectivity index (χ3v) is 4.02. The fourth-order valence-electron chi connectivity index (χ4n) is 1.90. The van der Waals surface area contributed by atoms with Gasteiger partial charge < -0.3 is 9.73 Å². The molecule has 2 rings (SSSR count). The summed E-state index contributed by atoms with van der Waals surface area (Å²) in [5.41, 5.74) is 2.17. The van der Waals surface area contributed by atoms with Crippen LogP contribution in [0.15, 0.2) is 32.1 Å². The molecule has 4 nitrogen and oxygen atoms in total. The van der Waals surface area contributed by atoms with Crippen LogP contribution >= 0.6 is 31.9 Å². The Balaban J connectivity index is 2.40. The number of halogens is 2. The van der Waals surface area contributed by atoms with E-state index in [0.717, 1.165) is 33.4 Å². The lowest BCUT2D eigenvalue weighted by molar-refractivity contribution is 0.512. The highest BCUT2D eigenvalue weighted by atomic mass is 79.9. The molecule has 0 saturated carbocycles. The SMILES string of the molecule is CCCNC(c1ccoc1Br)c1c(Br)cnn1C. The zero-order valence-electron chi connectivity index (χ0n) is 10.3. The highest BCUT2D eigenvalue weighted by Crippen LogP contribution is 2.32. The minimum Gasteiger partial charge on any atom is -0.457 e. The lowest BCUT2D eigenvalue weighted by atomic mass is 10.1. The molecule has 18 heavy (non-hydrogen) atoms.